The lowest BCUT2D eigenvalue weighted by atomic mass is 9.83. The van der Waals surface area contributed by atoms with Crippen LogP contribution in [0, 0.1) is 0 Å². The minimum Gasteiger partial charge on any atom is -0.507 e. The number of hydrazine groups is 1. The Balaban J connectivity index is 2.01. The van der Waals surface area contributed by atoms with Crippen LogP contribution in [0.25, 0.3) is 0 Å². The van der Waals surface area contributed by atoms with Crippen molar-refractivity contribution in [2.24, 2.45) is 0 Å². The molecule has 0 spiro atoms. The fourth-order valence-electron chi connectivity index (χ4n) is 3.57. The summed E-state index contributed by atoms with van der Waals surface area (Å²) in [5, 5.41) is 10.6. The van der Waals surface area contributed by atoms with Crippen molar-refractivity contribution in [2.45, 2.75) is 45.2 Å². The first-order valence-electron chi connectivity index (χ1n) is 8.70. The number of nitrogens with one attached hydrogen (secondary N) is 2. The molecule has 0 radical (unpaired) electrons. The van der Waals surface area contributed by atoms with E-state index in [9.17, 15) is 5.11 Å². The summed E-state index contributed by atoms with van der Waals surface area (Å²) < 4.78 is 5.66. The maximum absolute atomic E-state index is 10.6. The summed E-state index contributed by atoms with van der Waals surface area (Å²) in [6, 6.07) is 14.6. The minimum atomic E-state index is 0.0170. The van der Waals surface area contributed by atoms with Gasteiger partial charge in [-0.25, -0.2) is 5.43 Å². The zero-order valence-electron chi connectivity index (χ0n) is 14.5. The van der Waals surface area contributed by atoms with Gasteiger partial charge in [-0.2, -0.15) is 0 Å². The molecule has 2 aromatic rings. The average Bonchev–Trinajstić information content (AvgIpc) is 2.97. The number of aromatic hydroxyl groups is 1. The van der Waals surface area contributed by atoms with Gasteiger partial charge in [0.05, 0.1) is 12.6 Å². The zero-order chi connectivity index (χ0) is 17.1. The zero-order valence-corrected chi connectivity index (χ0v) is 14.5. The highest BCUT2D eigenvalue weighted by atomic mass is 16.5. The lowest BCUT2D eigenvalue weighted by molar-refractivity contribution is 0.333. The summed E-state index contributed by atoms with van der Waals surface area (Å²) in [5.74, 6) is 1.31. The van der Waals surface area contributed by atoms with Gasteiger partial charge in [-0.3, -0.25) is 5.43 Å². The summed E-state index contributed by atoms with van der Waals surface area (Å²) in [5.41, 5.74) is 10.00. The van der Waals surface area contributed by atoms with Crippen LogP contribution in [0.1, 0.15) is 49.4 Å². The number of phenolic OH excluding ortho intramolecular Hbond substituents is 1. The lowest BCUT2D eigenvalue weighted by Crippen LogP contribution is -2.29. The third-order valence-electron chi connectivity index (χ3n) is 4.77. The molecule has 0 bridgehead atoms. The molecule has 1 aliphatic rings. The van der Waals surface area contributed by atoms with Crippen LogP contribution in [0.4, 0.5) is 0 Å². The van der Waals surface area contributed by atoms with Crippen molar-refractivity contribution in [3.05, 3.63) is 59.2 Å². The predicted octanol–water partition coefficient (Wildman–Crippen LogP) is 3.67. The van der Waals surface area contributed by atoms with E-state index < -0.39 is 0 Å². The van der Waals surface area contributed by atoms with Crippen LogP contribution < -0.4 is 15.6 Å². The summed E-state index contributed by atoms with van der Waals surface area (Å²) in [6.07, 6.45) is 0.869. The van der Waals surface area contributed by atoms with Gasteiger partial charge in [0.25, 0.3) is 0 Å². The van der Waals surface area contributed by atoms with Crippen LogP contribution in [0.3, 0.4) is 0 Å². The molecule has 4 heteroatoms. The van der Waals surface area contributed by atoms with Gasteiger partial charge in [0, 0.05) is 23.6 Å². The number of hydrogen-bond donors (Lipinski definition) is 3. The molecule has 1 aliphatic heterocycles. The molecule has 0 amide bonds. The number of ether oxygens (including phenoxy) is 1. The van der Waals surface area contributed by atoms with Crippen molar-refractivity contribution in [3.8, 4) is 11.5 Å². The van der Waals surface area contributed by atoms with E-state index in [2.05, 4.69) is 55.0 Å². The molecule has 3 rings (SSSR count). The van der Waals surface area contributed by atoms with Crippen LogP contribution in [0.5, 0.6) is 11.5 Å². The first-order valence-corrected chi connectivity index (χ1v) is 8.70. The van der Waals surface area contributed by atoms with Crippen molar-refractivity contribution < 1.29 is 9.84 Å². The maximum atomic E-state index is 10.6. The van der Waals surface area contributed by atoms with E-state index in [4.69, 9.17) is 4.74 Å². The Morgan fingerprint density at radius 2 is 1.83 bits per heavy atom. The molecule has 1 heterocycles. The topological polar surface area (TPSA) is 53.5 Å². The number of benzene rings is 2. The van der Waals surface area contributed by atoms with Gasteiger partial charge in [0.1, 0.15) is 11.5 Å². The van der Waals surface area contributed by atoms with Gasteiger partial charge in [-0.15, -0.1) is 0 Å². The summed E-state index contributed by atoms with van der Waals surface area (Å²) in [4.78, 5) is 0. The van der Waals surface area contributed by atoms with Crippen LogP contribution in [-0.4, -0.2) is 17.8 Å². The molecule has 1 fully saturated rings. The molecular formula is C20H26N2O2. The lowest BCUT2D eigenvalue weighted by Gasteiger charge is -2.24. The highest BCUT2D eigenvalue weighted by Crippen LogP contribution is 2.42. The van der Waals surface area contributed by atoms with Crippen molar-refractivity contribution in [2.75, 3.05) is 6.61 Å². The Kier molecular flexibility index (Phi) is 5.07. The van der Waals surface area contributed by atoms with E-state index in [1.54, 1.807) is 6.07 Å². The van der Waals surface area contributed by atoms with Crippen molar-refractivity contribution in [3.63, 3.8) is 0 Å². The molecule has 3 unspecified atom stereocenters. The molecule has 128 valence electrons. The molecular weight excluding hydrogens is 300 g/mol. The van der Waals surface area contributed by atoms with E-state index in [1.165, 1.54) is 5.56 Å². The number of rotatable bonds is 5. The second-order valence-corrected chi connectivity index (χ2v) is 6.30. The van der Waals surface area contributed by atoms with Gasteiger partial charge in [-0.1, -0.05) is 37.3 Å². The Labute approximate surface area is 143 Å². The Morgan fingerprint density at radius 1 is 1.08 bits per heavy atom. The van der Waals surface area contributed by atoms with Gasteiger partial charge in [0.2, 0.25) is 0 Å². The molecule has 1 saturated heterocycles. The molecule has 0 aliphatic carbocycles. The molecule has 4 nitrogen and oxygen atoms in total. The highest BCUT2D eigenvalue weighted by molar-refractivity contribution is 5.49. The number of aryl methyl sites for hydroxylation is 1. The van der Waals surface area contributed by atoms with Crippen LogP contribution in [-0.2, 0) is 6.42 Å². The van der Waals surface area contributed by atoms with Gasteiger partial charge >= 0.3 is 0 Å². The average molecular weight is 326 g/mol. The monoisotopic (exact) mass is 326 g/mol. The second kappa shape index (κ2) is 7.24. The van der Waals surface area contributed by atoms with Crippen LogP contribution >= 0.6 is 0 Å². The van der Waals surface area contributed by atoms with E-state index in [0.717, 1.165) is 23.3 Å². The van der Waals surface area contributed by atoms with E-state index in [0.29, 0.717) is 6.61 Å². The van der Waals surface area contributed by atoms with Crippen molar-refractivity contribution in [1.29, 1.82) is 0 Å². The van der Waals surface area contributed by atoms with Gasteiger partial charge in [0.15, 0.2) is 0 Å². The normalized spacial score (nSPS) is 23.4. The largest absolute Gasteiger partial charge is 0.507 e. The third kappa shape index (κ3) is 3.12. The van der Waals surface area contributed by atoms with E-state index in [-0.39, 0.29) is 23.8 Å². The SMILES string of the molecule is CCOc1cc(O)c(C2NNC(C)C2c2ccccc2)cc1CC. The quantitative estimate of drug-likeness (QED) is 0.785. The smallest absolute Gasteiger partial charge is 0.126 e. The van der Waals surface area contributed by atoms with Gasteiger partial charge < -0.3 is 9.84 Å². The van der Waals surface area contributed by atoms with Crippen molar-refractivity contribution in [1.82, 2.24) is 10.9 Å². The molecule has 2 aromatic carbocycles. The van der Waals surface area contributed by atoms with E-state index >= 15 is 0 Å². The molecule has 0 aromatic heterocycles. The van der Waals surface area contributed by atoms with Crippen LogP contribution in [0.15, 0.2) is 42.5 Å². The fraction of sp³-hybridized carbons (Fsp3) is 0.400. The predicted molar refractivity (Wildman–Crippen MR) is 96.3 cm³/mol. The Hall–Kier alpha value is -2.04. The summed E-state index contributed by atoms with van der Waals surface area (Å²) in [7, 11) is 0. The van der Waals surface area contributed by atoms with Crippen molar-refractivity contribution >= 4 is 0 Å². The summed E-state index contributed by atoms with van der Waals surface area (Å²) >= 11 is 0. The number of phenols is 1. The summed E-state index contributed by atoms with van der Waals surface area (Å²) in [6.45, 7) is 6.83. The molecule has 3 N–H and O–H groups in total. The Morgan fingerprint density at radius 3 is 2.50 bits per heavy atom. The fourth-order valence-corrected chi connectivity index (χ4v) is 3.57. The molecule has 24 heavy (non-hydrogen) atoms. The third-order valence-corrected chi connectivity index (χ3v) is 4.77. The second-order valence-electron chi connectivity index (χ2n) is 6.30. The first-order chi connectivity index (χ1) is 11.7. The molecule has 3 atom stereocenters. The Bertz CT molecular complexity index is 688. The van der Waals surface area contributed by atoms with Crippen LogP contribution in [0.2, 0.25) is 0 Å². The maximum Gasteiger partial charge on any atom is 0.126 e. The highest BCUT2D eigenvalue weighted by Gasteiger charge is 2.36. The van der Waals surface area contributed by atoms with Gasteiger partial charge in [-0.05, 0) is 37.5 Å². The standard InChI is InChI=1S/C20H26N2O2/c1-4-14-11-16(17(23)12-18(14)24-5-2)20-19(13(3)21-22-20)15-9-7-6-8-10-15/h6-13,19-23H,4-5H2,1-3H3. The van der Waals surface area contributed by atoms with E-state index in [1.807, 2.05) is 13.0 Å². The first kappa shape index (κ1) is 16.8. The minimum absolute atomic E-state index is 0.0170. The molecule has 0 saturated carbocycles. The number of hydrogen-bond acceptors (Lipinski definition) is 4.